The molecule has 0 atom stereocenters. The highest BCUT2D eigenvalue weighted by Gasteiger charge is 2.13. The molecule has 0 aliphatic carbocycles. The molecule has 2 aromatic carbocycles. The van der Waals surface area contributed by atoms with Gasteiger partial charge >= 0.3 is 0 Å². The molecule has 0 aliphatic rings. The fourth-order valence-electron chi connectivity index (χ4n) is 1.98. The van der Waals surface area contributed by atoms with Gasteiger partial charge in [0.2, 0.25) is 5.75 Å². The Balaban J connectivity index is 2.34. The maximum Gasteiger partial charge on any atom is 0.203 e. The molecule has 0 aromatic heterocycles. The monoisotopic (exact) mass is 318 g/mol. The van der Waals surface area contributed by atoms with E-state index in [0.29, 0.717) is 34.4 Å². The summed E-state index contributed by atoms with van der Waals surface area (Å²) in [6.45, 7) is 0. The third kappa shape index (κ3) is 3.63. The largest absolute Gasteiger partial charge is 0.504 e. The number of rotatable bonds is 6. The van der Waals surface area contributed by atoms with E-state index in [1.807, 2.05) is 0 Å². The van der Waals surface area contributed by atoms with Crippen molar-refractivity contribution in [2.75, 3.05) is 28.4 Å². The van der Waals surface area contributed by atoms with Crippen molar-refractivity contribution in [2.24, 2.45) is 10.2 Å². The minimum Gasteiger partial charge on any atom is -0.504 e. The lowest BCUT2D eigenvalue weighted by Gasteiger charge is -2.12. The van der Waals surface area contributed by atoms with Crippen LogP contribution < -0.4 is 18.9 Å². The van der Waals surface area contributed by atoms with Gasteiger partial charge in [-0.25, -0.2) is 0 Å². The molecule has 0 heterocycles. The number of methoxy groups -OCH3 is 4. The van der Waals surface area contributed by atoms with Crippen LogP contribution in [0.4, 0.5) is 11.4 Å². The van der Waals surface area contributed by atoms with Crippen molar-refractivity contribution in [3.05, 3.63) is 30.3 Å². The number of hydrogen-bond donors (Lipinski definition) is 1. The van der Waals surface area contributed by atoms with E-state index in [0.717, 1.165) is 0 Å². The predicted molar refractivity (Wildman–Crippen MR) is 84.9 cm³/mol. The van der Waals surface area contributed by atoms with Gasteiger partial charge in [-0.2, -0.15) is 10.2 Å². The topological polar surface area (TPSA) is 81.9 Å². The summed E-state index contributed by atoms with van der Waals surface area (Å²) in [5.74, 6) is 1.82. The van der Waals surface area contributed by atoms with Gasteiger partial charge in [0.15, 0.2) is 23.0 Å². The van der Waals surface area contributed by atoms with E-state index in [-0.39, 0.29) is 5.75 Å². The Kier molecular flexibility index (Phi) is 5.24. The molecule has 0 saturated heterocycles. The number of nitrogens with zero attached hydrogens (tertiary/aromatic N) is 2. The zero-order valence-electron chi connectivity index (χ0n) is 13.4. The molecule has 1 N–H and O–H groups in total. The van der Waals surface area contributed by atoms with Crippen molar-refractivity contribution in [3.63, 3.8) is 0 Å². The zero-order valence-corrected chi connectivity index (χ0v) is 13.4. The van der Waals surface area contributed by atoms with E-state index in [1.54, 1.807) is 24.3 Å². The summed E-state index contributed by atoms with van der Waals surface area (Å²) >= 11 is 0. The SMILES string of the molecule is COc1ccc(N=Nc2cc(OC)c(OC)c(OC)c2)cc1O. The van der Waals surface area contributed by atoms with E-state index in [9.17, 15) is 5.11 Å². The van der Waals surface area contributed by atoms with Crippen LogP contribution in [0.15, 0.2) is 40.6 Å². The second kappa shape index (κ2) is 7.35. The lowest BCUT2D eigenvalue weighted by molar-refractivity contribution is 0.324. The van der Waals surface area contributed by atoms with Gasteiger partial charge in [-0.3, -0.25) is 0 Å². The predicted octanol–water partition coefficient (Wildman–Crippen LogP) is 3.84. The molecular weight excluding hydrogens is 300 g/mol. The first kappa shape index (κ1) is 16.4. The van der Waals surface area contributed by atoms with E-state index < -0.39 is 0 Å². The van der Waals surface area contributed by atoms with Crippen LogP contribution in [-0.4, -0.2) is 33.5 Å². The van der Waals surface area contributed by atoms with Crippen molar-refractivity contribution in [2.45, 2.75) is 0 Å². The normalized spacial score (nSPS) is 10.6. The van der Waals surface area contributed by atoms with Crippen molar-refractivity contribution in [1.82, 2.24) is 0 Å². The number of hydrogen-bond acceptors (Lipinski definition) is 7. The molecule has 0 fully saturated rings. The first-order valence-electron chi connectivity index (χ1n) is 6.71. The maximum absolute atomic E-state index is 9.74. The second-order valence-electron chi connectivity index (χ2n) is 4.44. The molecular formula is C16H18N2O5. The lowest BCUT2D eigenvalue weighted by Crippen LogP contribution is -1.94. The highest BCUT2D eigenvalue weighted by molar-refractivity contribution is 5.60. The number of phenolic OH excluding ortho intramolecular Hbond substituents is 1. The average molecular weight is 318 g/mol. The van der Waals surface area contributed by atoms with Crippen LogP contribution in [0.2, 0.25) is 0 Å². The Labute approximate surface area is 134 Å². The van der Waals surface area contributed by atoms with Gasteiger partial charge < -0.3 is 24.1 Å². The summed E-state index contributed by atoms with van der Waals surface area (Å²) in [5.41, 5.74) is 1.01. The molecule has 0 spiro atoms. The van der Waals surface area contributed by atoms with Gasteiger partial charge in [0.05, 0.1) is 39.8 Å². The minimum atomic E-state index is -0.00570. The van der Waals surface area contributed by atoms with E-state index in [4.69, 9.17) is 18.9 Å². The average Bonchev–Trinajstić information content (AvgIpc) is 2.58. The molecule has 0 radical (unpaired) electrons. The van der Waals surface area contributed by atoms with Gasteiger partial charge in [0.25, 0.3) is 0 Å². The third-order valence-electron chi connectivity index (χ3n) is 3.09. The standard InChI is InChI=1S/C16H18N2O5/c1-20-13-6-5-10(7-12(13)19)17-18-11-8-14(21-2)16(23-4)15(9-11)22-3/h5-9,19H,1-4H3. The summed E-state index contributed by atoms with van der Waals surface area (Å²) in [6, 6.07) is 8.10. The quantitative estimate of drug-likeness (QED) is 0.818. The highest BCUT2D eigenvalue weighted by Crippen LogP contribution is 2.41. The van der Waals surface area contributed by atoms with Crippen molar-refractivity contribution in [3.8, 4) is 28.7 Å². The number of ether oxygens (including phenoxy) is 4. The van der Waals surface area contributed by atoms with E-state index >= 15 is 0 Å². The molecule has 0 bridgehead atoms. The second-order valence-corrected chi connectivity index (χ2v) is 4.44. The first-order chi connectivity index (χ1) is 11.1. The molecule has 0 saturated carbocycles. The third-order valence-corrected chi connectivity index (χ3v) is 3.09. The molecule has 2 rings (SSSR count). The van der Waals surface area contributed by atoms with Crippen molar-refractivity contribution < 1.29 is 24.1 Å². The van der Waals surface area contributed by atoms with Crippen LogP contribution in [0.1, 0.15) is 0 Å². The van der Waals surface area contributed by atoms with Crippen LogP contribution in [0.5, 0.6) is 28.7 Å². The van der Waals surface area contributed by atoms with Gasteiger partial charge in [-0.1, -0.05) is 0 Å². The van der Waals surface area contributed by atoms with Crippen molar-refractivity contribution in [1.29, 1.82) is 0 Å². The van der Waals surface area contributed by atoms with Crippen LogP contribution in [0.25, 0.3) is 0 Å². The van der Waals surface area contributed by atoms with Crippen molar-refractivity contribution >= 4 is 11.4 Å². The lowest BCUT2D eigenvalue weighted by atomic mass is 10.2. The Morgan fingerprint density at radius 1 is 0.696 bits per heavy atom. The molecule has 122 valence electrons. The summed E-state index contributed by atoms with van der Waals surface area (Å²) in [6.07, 6.45) is 0. The van der Waals surface area contributed by atoms with Gasteiger partial charge in [0.1, 0.15) is 0 Å². The van der Waals surface area contributed by atoms with E-state index in [2.05, 4.69) is 10.2 Å². The maximum atomic E-state index is 9.74. The van der Waals surface area contributed by atoms with Gasteiger partial charge in [-0.05, 0) is 12.1 Å². The smallest absolute Gasteiger partial charge is 0.203 e. The number of phenols is 1. The molecule has 0 amide bonds. The van der Waals surface area contributed by atoms with Gasteiger partial charge in [0, 0.05) is 18.2 Å². The Morgan fingerprint density at radius 2 is 1.26 bits per heavy atom. The number of aromatic hydroxyl groups is 1. The van der Waals surface area contributed by atoms with Crippen LogP contribution in [-0.2, 0) is 0 Å². The van der Waals surface area contributed by atoms with Crippen LogP contribution in [0.3, 0.4) is 0 Å². The molecule has 2 aromatic rings. The zero-order chi connectivity index (χ0) is 16.8. The summed E-state index contributed by atoms with van der Waals surface area (Å²) < 4.78 is 20.7. The Bertz CT molecular complexity index is 691. The molecule has 0 aliphatic heterocycles. The summed E-state index contributed by atoms with van der Waals surface area (Å²) in [4.78, 5) is 0. The number of azo groups is 1. The molecule has 23 heavy (non-hydrogen) atoms. The number of benzene rings is 2. The summed E-state index contributed by atoms with van der Waals surface area (Å²) in [7, 11) is 6.06. The molecule has 7 nitrogen and oxygen atoms in total. The molecule has 7 heteroatoms. The fourth-order valence-corrected chi connectivity index (χ4v) is 1.98. The summed E-state index contributed by atoms with van der Waals surface area (Å²) in [5, 5.41) is 17.9. The minimum absolute atomic E-state index is 0.00570. The van der Waals surface area contributed by atoms with Gasteiger partial charge in [-0.15, -0.1) is 0 Å². The fraction of sp³-hybridized carbons (Fsp3) is 0.250. The van der Waals surface area contributed by atoms with E-state index in [1.165, 1.54) is 34.5 Å². The molecule has 0 unspecified atom stereocenters. The Morgan fingerprint density at radius 3 is 1.74 bits per heavy atom. The Hall–Kier alpha value is -2.96. The highest BCUT2D eigenvalue weighted by atomic mass is 16.5. The van der Waals surface area contributed by atoms with Crippen LogP contribution >= 0.6 is 0 Å². The van der Waals surface area contributed by atoms with Crippen LogP contribution in [0, 0.1) is 0 Å². The first-order valence-corrected chi connectivity index (χ1v) is 6.71.